The predicted molar refractivity (Wildman–Crippen MR) is 58.8 cm³/mol. The van der Waals surface area contributed by atoms with Crippen LogP contribution < -0.4 is 4.90 Å². The fraction of sp³-hybridized carbons (Fsp3) is 0.500. The summed E-state index contributed by atoms with van der Waals surface area (Å²) in [6.07, 6.45) is 1.38. The molecule has 84 valence electrons. The molecule has 1 rings (SSSR count). The van der Waals surface area contributed by atoms with E-state index in [-0.39, 0.29) is 10.8 Å². The Morgan fingerprint density at radius 3 is 2.67 bits per heavy atom. The Kier molecular flexibility index (Phi) is 3.52. The van der Waals surface area contributed by atoms with Gasteiger partial charge in [0, 0.05) is 19.8 Å². The van der Waals surface area contributed by atoms with Crippen LogP contribution in [0.3, 0.4) is 0 Å². The number of nitrogens with zero attached hydrogens (tertiary/aromatic N) is 2. The van der Waals surface area contributed by atoms with Gasteiger partial charge in [-0.05, 0) is 19.9 Å². The van der Waals surface area contributed by atoms with Crippen LogP contribution in [-0.2, 0) is 0 Å². The van der Waals surface area contributed by atoms with Crippen molar-refractivity contribution in [3.05, 3.63) is 23.1 Å². The van der Waals surface area contributed by atoms with Gasteiger partial charge in [0.05, 0.1) is 10.6 Å². The monoisotopic (exact) mass is 232 g/mol. The minimum atomic E-state index is -0.900. The smallest absolute Gasteiger partial charge is 0.167 e. The van der Waals surface area contributed by atoms with Crippen LogP contribution in [0.5, 0.6) is 0 Å². The van der Waals surface area contributed by atoms with Gasteiger partial charge in [0.2, 0.25) is 0 Å². The lowest BCUT2D eigenvalue weighted by Crippen LogP contribution is -2.37. The molecule has 0 aliphatic heterocycles. The number of aromatic nitrogens is 1. The molecule has 0 fully saturated rings. The Morgan fingerprint density at radius 1 is 1.60 bits per heavy atom. The molecule has 0 atom stereocenters. The van der Waals surface area contributed by atoms with Gasteiger partial charge in [-0.25, -0.2) is 9.37 Å². The van der Waals surface area contributed by atoms with Crippen LogP contribution in [0.2, 0.25) is 5.02 Å². The van der Waals surface area contributed by atoms with E-state index in [1.807, 2.05) is 0 Å². The Bertz CT molecular complexity index is 352. The third kappa shape index (κ3) is 3.64. The van der Waals surface area contributed by atoms with Crippen LogP contribution in [0.4, 0.5) is 10.2 Å². The molecule has 0 saturated heterocycles. The number of hydrogen-bond donors (Lipinski definition) is 1. The number of halogens is 2. The summed E-state index contributed by atoms with van der Waals surface area (Å²) < 4.78 is 13.4. The van der Waals surface area contributed by atoms with Crippen LogP contribution >= 0.6 is 11.6 Å². The first-order valence-corrected chi connectivity index (χ1v) is 4.92. The third-order valence-corrected chi connectivity index (χ3v) is 1.98. The van der Waals surface area contributed by atoms with Crippen molar-refractivity contribution in [1.29, 1.82) is 0 Å². The van der Waals surface area contributed by atoms with E-state index in [1.54, 1.807) is 25.8 Å². The van der Waals surface area contributed by atoms with Gasteiger partial charge in [0.25, 0.3) is 0 Å². The summed E-state index contributed by atoms with van der Waals surface area (Å²) >= 11 is 5.58. The zero-order valence-electron chi connectivity index (χ0n) is 8.96. The Hall–Kier alpha value is -0.870. The van der Waals surface area contributed by atoms with E-state index in [2.05, 4.69) is 4.98 Å². The molecule has 1 heterocycles. The van der Waals surface area contributed by atoms with Gasteiger partial charge in [0.15, 0.2) is 11.6 Å². The van der Waals surface area contributed by atoms with Gasteiger partial charge < -0.3 is 10.0 Å². The highest BCUT2D eigenvalue weighted by Crippen LogP contribution is 2.19. The van der Waals surface area contributed by atoms with Gasteiger partial charge >= 0.3 is 0 Å². The van der Waals surface area contributed by atoms with E-state index in [9.17, 15) is 9.50 Å². The van der Waals surface area contributed by atoms with E-state index in [0.717, 1.165) is 0 Å². The number of rotatable bonds is 3. The maximum atomic E-state index is 13.4. The van der Waals surface area contributed by atoms with Crippen LogP contribution in [-0.4, -0.2) is 29.3 Å². The second kappa shape index (κ2) is 4.33. The van der Waals surface area contributed by atoms with Crippen LogP contribution in [0.1, 0.15) is 13.8 Å². The fourth-order valence-corrected chi connectivity index (χ4v) is 1.49. The van der Waals surface area contributed by atoms with Gasteiger partial charge in [-0.3, -0.25) is 0 Å². The van der Waals surface area contributed by atoms with Crippen molar-refractivity contribution in [2.75, 3.05) is 18.5 Å². The normalized spacial score (nSPS) is 11.6. The summed E-state index contributed by atoms with van der Waals surface area (Å²) in [5.41, 5.74) is -0.900. The first-order valence-electron chi connectivity index (χ1n) is 4.54. The topological polar surface area (TPSA) is 36.4 Å². The van der Waals surface area contributed by atoms with Gasteiger partial charge in [-0.2, -0.15) is 0 Å². The lowest BCUT2D eigenvalue weighted by molar-refractivity contribution is 0.0883. The Balaban J connectivity index is 2.87. The summed E-state index contributed by atoms with van der Waals surface area (Å²) in [4.78, 5) is 5.42. The molecule has 0 amide bonds. The van der Waals surface area contributed by atoms with Crippen molar-refractivity contribution in [3.8, 4) is 0 Å². The maximum Gasteiger partial charge on any atom is 0.167 e. The first-order chi connectivity index (χ1) is 6.79. The average Bonchev–Trinajstić information content (AvgIpc) is 1.99. The highest BCUT2D eigenvalue weighted by molar-refractivity contribution is 6.30. The highest BCUT2D eigenvalue weighted by atomic mass is 35.5. The van der Waals surface area contributed by atoms with Crippen molar-refractivity contribution in [2.24, 2.45) is 0 Å². The fourth-order valence-electron chi connectivity index (χ4n) is 1.34. The van der Waals surface area contributed by atoms with E-state index in [0.29, 0.717) is 6.54 Å². The van der Waals surface area contributed by atoms with E-state index in [4.69, 9.17) is 11.6 Å². The molecule has 0 aromatic carbocycles. The van der Waals surface area contributed by atoms with Crippen LogP contribution in [0.15, 0.2) is 12.3 Å². The van der Waals surface area contributed by atoms with E-state index in [1.165, 1.54) is 12.3 Å². The van der Waals surface area contributed by atoms with Crippen molar-refractivity contribution in [3.63, 3.8) is 0 Å². The maximum absolute atomic E-state index is 13.4. The summed E-state index contributed by atoms with van der Waals surface area (Å²) in [6.45, 7) is 3.59. The SMILES string of the molecule is CN(CC(C)(C)O)c1ncc(Cl)cc1F. The molecule has 0 unspecified atom stereocenters. The van der Waals surface area contributed by atoms with Crippen molar-refractivity contribution in [1.82, 2.24) is 4.98 Å². The van der Waals surface area contributed by atoms with Crippen molar-refractivity contribution < 1.29 is 9.50 Å². The van der Waals surface area contributed by atoms with Crippen molar-refractivity contribution >= 4 is 17.4 Å². The Labute approximate surface area is 93.5 Å². The zero-order valence-corrected chi connectivity index (χ0v) is 9.72. The second-order valence-corrected chi connectivity index (χ2v) is 4.56. The molecule has 0 aliphatic carbocycles. The zero-order chi connectivity index (χ0) is 11.6. The standard InChI is InChI=1S/C10H14ClFN2O/c1-10(2,15)6-14(3)9-8(12)4-7(11)5-13-9/h4-5,15H,6H2,1-3H3. The minimum Gasteiger partial charge on any atom is -0.389 e. The Morgan fingerprint density at radius 2 is 2.20 bits per heavy atom. The molecule has 1 aromatic rings. The van der Waals surface area contributed by atoms with Crippen molar-refractivity contribution in [2.45, 2.75) is 19.4 Å². The third-order valence-electron chi connectivity index (χ3n) is 1.77. The summed E-state index contributed by atoms with van der Waals surface area (Å²) in [5.74, 6) is -0.309. The molecular weight excluding hydrogens is 219 g/mol. The average molecular weight is 233 g/mol. The second-order valence-electron chi connectivity index (χ2n) is 4.13. The molecule has 0 saturated carbocycles. The molecule has 1 N–H and O–H groups in total. The number of hydrogen-bond acceptors (Lipinski definition) is 3. The quantitative estimate of drug-likeness (QED) is 0.867. The molecular formula is C10H14ClFN2O. The first kappa shape index (κ1) is 12.2. The molecule has 0 aliphatic rings. The lowest BCUT2D eigenvalue weighted by atomic mass is 10.1. The minimum absolute atomic E-state index is 0.182. The van der Waals surface area contributed by atoms with E-state index < -0.39 is 11.4 Å². The molecule has 1 aromatic heterocycles. The molecule has 15 heavy (non-hydrogen) atoms. The summed E-state index contributed by atoms with van der Waals surface area (Å²) in [7, 11) is 1.66. The summed E-state index contributed by atoms with van der Waals surface area (Å²) in [6, 6.07) is 1.20. The number of pyridine rings is 1. The highest BCUT2D eigenvalue weighted by Gasteiger charge is 2.18. The van der Waals surface area contributed by atoms with Gasteiger partial charge in [-0.15, -0.1) is 0 Å². The number of likely N-dealkylation sites (N-methyl/N-ethyl adjacent to an activating group) is 1. The molecule has 3 nitrogen and oxygen atoms in total. The number of aliphatic hydroxyl groups is 1. The molecule has 0 spiro atoms. The van der Waals surface area contributed by atoms with Gasteiger partial charge in [-0.1, -0.05) is 11.6 Å². The van der Waals surface area contributed by atoms with Crippen LogP contribution in [0.25, 0.3) is 0 Å². The van der Waals surface area contributed by atoms with Crippen LogP contribution in [0, 0.1) is 5.82 Å². The summed E-state index contributed by atoms with van der Waals surface area (Å²) in [5, 5.41) is 9.83. The lowest BCUT2D eigenvalue weighted by Gasteiger charge is -2.26. The number of anilines is 1. The van der Waals surface area contributed by atoms with Gasteiger partial charge in [0.1, 0.15) is 0 Å². The molecule has 0 bridgehead atoms. The molecule has 5 heteroatoms. The molecule has 0 radical (unpaired) electrons. The predicted octanol–water partition coefficient (Wildman–Crippen LogP) is 2.08. The van der Waals surface area contributed by atoms with E-state index >= 15 is 0 Å². The largest absolute Gasteiger partial charge is 0.389 e.